The van der Waals surface area contributed by atoms with Crippen LogP contribution in [0.3, 0.4) is 0 Å². The Morgan fingerprint density at radius 2 is 1.18 bits per heavy atom. The van der Waals surface area contributed by atoms with Crippen molar-refractivity contribution >= 4 is 36.8 Å². The zero-order chi connectivity index (χ0) is 50.9. The van der Waals surface area contributed by atoms with E-state index in [0.29, 0.717) is 40.7 Å². The standard InChI is InChI=1S/C57H85N2O11P/c1-3-5-7-9-11-13-15-17-19-21-23-25-27-29-54(62)66-43-49(68-55(63)30-28-26-24-22-20-18-16-14-12-10-8-6-4-2)44-67-71(65,70-58)40-39-59-57(64)46-33-31-45(32-34-46)56-50-37-35-47(60)41-52(50)69-53-42-48(61)36-38-51(53)56/h31-38,41-42,49H,3-30,39-40,43-44H2,1-2,58H3,(H-,59,60,61,64)/p+1. The summed E-state index contributed by atoms with van der Waals surface area (Å²) in [5, 5.41) is 13.6. The van der Waals surface area contributed by atoms with Gasteiger partial charge in [0.15, 0.2) is 11.5 Å². The maximum atomic E-state index is 13.7. The number of esters is 2. The molecule has 0 aromatic heterocycles. The molecule has 2 aromatic rings. The van der Waals surface area contributed by atoms with Crippen LogP contribution < -0.4 is 21.5 Å². The van der Waals surface area contributed by atoms with Gasteiger partial charge in [-0.1, -0.05) is 180 Å². The predicted molar refractivity (Wildman–Crippen MR) is 282 cm³/mol. The number of quaternary nitrogens is 1. The van der Waals surface area contributed by atoms with Gasteiger partial charge >= 0.3 is 19.9 Å². The highest BCUT2D eigenvalue weighted by molar-refractivity contribution is 7.59. The number of phenolic OH excluding ortho intramolecular Hbond substituents is 1. The van der Waals surface area contributed by atoms with Crippen LogP contribution in [0.2, 0.25) is 0 Å². The number of fused-ring (bicyclic) bond motifs is 2. The van der Waals surface area contributed by atoms with Crippen molar-refractivity contribution in [2.24, 2.45) is 0 Å². The number of ether oxygens (including phenoxy) is 2. The molecule has 2 aliphatic rings. The third-order valence-corrected chi connectivity index (χ3v) is 14.8. The second-order valence-corrected chi connectivity index (χ2v) is 21.4. The number of hydrogen-bond acceptors (Lipinski definition) is 11. The minimum Gasteiger partial charge on any atom is -0.627 e. The van der Waals surface area contributed by atoms with E-state index in [2.05, 4.69) is 25.1 Å². The minimum atomic E-state index is -3.90. The molecule has 71 heavy (non-hydrogen) atoms. The van der Waals surface area contributed by atoms with Crippen LogP contribution in [-0.2, 0) is 28.2 Å². The third-order valence-electron chi connectivity index (χ3n) is 13.1. The summed E-state index contributed by atoms with van der Waals surface area (Å²) in [6, 6.07) is 16.2. The molecular formula is C57H86N2O11P+. The van der Waals surface area contributed by atoms with Gasteiger partial charge in [-0.2, -0.15) is 5.90 Å². The molecule has 394 valence electrons. The molecule has 1 heterocycles. The Labute approximate surface area is 424 Å². The van der Waals surface area contributed by atoms with Crippen molar-refractivity contribution in [1.29, 1.82) is 0 Å². The number of nitrogens with one attached hydrogen (secondary N) is 1. The van der Waals surface area contributed by atoms with Gasteiger partial charge in [-0.15, -0.1) is 0 Å². The molecule has 0 fully saturated rings. The Balaban J connectivity index is 1.23. The molecular weight excluding hydrogens is 920 g/mol. The summed E-state index contributed by atoms with van der Waals surface area (Å²) in [6.07, 6.45) is 30.3. The Kier molecular flexibility index (Phi) is 29.1. The van der Waals surface area contributed by atoms with E-state index < -0.39 is 31.9 Å². The van der Waals surface area contributed by atoms with Crippen LogP contribution in [0.15, 0.2) is 69.9 Å². The van der Waals surface area contributed by atoms with Crippen molar-refractivity contribution in [2.45, 2.75) is 200 Å². The number of unbranched alkanes of at least 4 members (excludes halogenated alkanes) is 24. The van der Waals surface area contributed by atoms with Gasteiger partial charge in [0.05, 0.1) is 6.54 Å². The number of amides is 1. The molecule has 2 aromatic carbocycles. The molecule has 13 nitrogen and oxygen atoms in total. The molecule has 0 saturated heterocycles. The van der Waals surface area contributed by atoms with Crippen molar-refractivity contribution in [3.05, 3.63) is 76.5 Å². The highest BCUT2D eigenvalue weighted by Crippen LogP contribution is 2.49. The normalized spacial score (nSPS) is 12.8. The average Bonchev–Trinajstić information content (AvgIpc) is 3.36. The fourth-order valence-corrected chi connectivity index (χ4v) is 10.0. The third kappa shape index (κ3) is 23.4. The first kappa shape index (κ1) is 59.2. The fraction of sp³-hybridized carbons (Fsp3) is 0.614. The van der Waals surface area contributed by atoms with Gasteiger partial charge in [0, 0.05) is 47.1 Å². The Morgan fingerprint density at radius 3 is 1.72 bits per heavy atom. The van der Waals surface area contributed by atoms with Crippen LogP contribution in [-0.4, -0.2) is 55.0 Å². The number of hydrogen-bond donors (Lipinski definition) is 3. The summed E-state index contributed by atoms with van der Waals surface area (Å²) in [7, 11) is -3.90. The first-order chi connectivity index (χ1) is 34.6. The molecule has 4 rings (SSSR count). The summed E-state index contributed by atoms with van der Waals surface area (Å²) in [5.74, 6) is 2.49. The van der Waals surface area contributed by atoms with Crippen LogP contribution >= 0.6 is 7.94 Å². The zero-order valence-corrected chi connectivity index (χ0v) is 44.1. The number of carbonyl (C=O) groups is 3. The van der Waals surface area contributed by atoms with Gasteiger partial charge in [0.2, 0.25) is 0 Å². The van der Waals surface area contributed by atoms with E-state index in [4.69, 9.17) is 23.0 Å². The SMILES string of the molecule is CCCCCCCCCCCCCCCC(=O)OCC(CO[P+]([O-])(CCNC(=O)c1ccc(-c2c3ccc(=O)cc-3oc3cc(O)ccc23)cc1)O[NH3+])OC(=O)CCCCCCCCCCCCCCC. The largest absolute Gasteiger partial charge is 0.627 e. The molecule has 2 unspecified atom stereocenters. The van der Waals surface area contributed by atoms with Crippen molar-refractivity contribution in [1.82, 2.24) is 5.32 Å². The zero-order valence-electron chi connectivity index (χ0n) is 43.2. The van der Waals surface area contributed by atoms with Gasteiger partial charge < -0.3 is 29.2 Å². The van der Waals surface area contributed by atoms with Gasteiger partial charge in [0.1, 0.15) is 36.5 Å². The number of aromatic hydroxyl groups is 1. The molecule has 0 radical (unpaired) electrons. The predicted octanol–water partition coefficient (Wildman–Crippen LogP) is 12.7. The molecule has 1 aliphatic heterocycles. The monoisotopic (exact) mass is 1010 g/mol. The van der Waals surface area contributed by atoms with Gasteiger partial charge in [-0.3, -0.25) is 19.2 Å². The number of benzene rings is 3. The lowest BCUT2D eigenvalue weighted by Crippen LogP contribution is -2.52. The van der Waals surface area contributed by atoms with E-state index in [9.17, 15) is 29.2 Å². The highest BCUT2D eigenvalue weighted by atomic mass is 31.2. The minimum absolute atomic E-state index is 0.0192. The van der Waals surface area contributed by atoms with Crippen LogP contribution in [0.5, 0.6) is 5.75 Å². The second-order valence-electron chi connectivity index (χ2n) is 19.2. The highest BCUT2D eigenvalue weighted by Gasteiger charge is 2.35. The molecule has 0 saturated carbocycles. The van der Waals surface area contributed by atoms with E-state index in [0.717, 1.165) is 49.7 Å². The number of rotatable bonds is 40. The first-order valence-corrected chi connectivity index (χ1v) is 28.9. The van der Waals surface area contributed by atoms with Crippen LogP contribution in [0.1, 0.15) is 204 Å². The molecule has 1 aliphatic carbocycles. The molecule has 0 bridgehead atoms. The molecule has 1 amide bonds. The quantitative estimate of drug-likeness (QED) is 0.0126. The summed E-state index contributed by atoms with van der Waals surface area (Å²) >= 11 is 0. The van der Waals surface area contributed by atoms with E-state index in [-0.39, 0.29) is 49.9 Å². The van der Waals surface area contributed by atoms with Gasteiger partial charge in [-0.05, 0) is 59.4 Å². The van der Waals surface area contributed by atoms with Gasteiger partial charge in [-0.25, -0.2) is 4.52 Å². The van der Waals surface area contributed by atoms with Crippen LogP contribution in [0.25, 0.3) is 33.4 Å². The maximum absolute atomic E-state index is 13.7. The second kappa shape index (κ2) is 34.9. The average molecular weight is 1010 g/mol. The van der Waals surface area contributed by atoms with E-state index in [1.807, 2.05) is 0 Å². The van der Waals surface area contributed by atoms with E-state index >= 15 is 0 Å². The summed E-state index contributed by atoms with van der Waals surface area (Å²) in [6.45, 7) is 3.79. The lowest BCUT2D eigenvalue weighted by Gasteiger charge is -2.25. The molecule has 2 atom stereocenters. The Hall–Kier alpha value is -4.39. The summed E-state index contributed by atoms with van der Waals surface area (Å²) in [5.41, 5.74) is 2.74. The van der Waals surface area contributed by atoms with Crippen LogP contribution in [0.4, 0.5) is 0 Å². The first-order valence-electron chi connectivity index (χ1n) is 27.2. The fourth-order valence-electron chi connectivity index (χ4n) is 8.92. The summed E-state index contributed by atoms with van der Waals surface area (Å²) < 4.78 is 28.0. The van der Waals surface area contributed by atoms with Crippen molar-refractivity contribution in [3.63, 3.8) is 0 Å². The van der Waals surface area contributed by atoms with E-state index in [1.165, 1.54) is 134 Å². The summed E-state index contributed by atoms with van der Waals surface area (Å²) in [4.78, 5) is 64.9. The van der Waals surface area contributed by atoms with E-state index in [1.54, 1.807) is 42.5 Å². The van der Waals surface area contributed by atoms with Crippen molar-refractivity contribution in [2.75, 3.05) is 25.9 Å². The maximum Gasteiger partial charge on any atom is 0.307 e. The molecule has 14 heteroatoms. The van der Waals surface area contributed by atoms with Crippen molar-refractivity contribution < 1.29 is 53.3 Å². The van der Waals surface area contributed by atoms with Gasteiger partial charge in [0.25, 0.3) is 5.91 Å². The Bertz CT molecular complexity index is 2150. The number of carbonyl (C=O) groups excluding carboxylic acids is 3. The topological polar surface area (TPSA) is 201 Å². The molecule has 5 N–H and O–H groups in total. The lowest BCUT2D eigenvalue weighted by atomic mass is 9.93. The molecule has 0 spiro atoms. The lowest BCUT2D eigenvalue weighted by molar-refractivity contribution is -0.651. The smallest absolute Gasteiger partial charge is 0.307 e. The van der Waals surface area contributed by atoms with Crippen LogP contribution in [0, 0.1) is 0 Å². The van der Waals surface area contributed by atoms with Crippen molar-refractivity contribution in [3.8, 4) is 28.2 Å². The Morgan fingerprint density at radius 1 is 0.662 bits per heavy atom. The number of phenols is 1.